The lowest BCUT2D eigenvalue weighted by molar-refractivity contribution is 0.373. The van der Waals surface area contributed by atoms with Gasteiger partial charge in [-0.15, -0.1) is 0 Å². The van der Waals surface area contributed by atoms with E-state index in [1.165, 1.54) is 12.8 Å². The Kier molecular flexibility index (Phi) is 4.75. The zero-order valence-corrected chi connectivity index (χ0v) is 12.4. The van der Waals surface area contributed by atoms with Gasteiger partial charge in [0.15, 0.2) is 0 Å². The van der Waals surface area contributed by atoms with Gasteiger partial charge in [0.05, 0.1) is 17.6 Å². The highest BCUT2D eigenvalue weighted by molar-refractivity contribution is 5.39. The van der Waals surface area contributed by atoms with E-state index in [2.05, 4.69) is 16.8 Å². The summed E-state index contributed by atoms with van der Waals surface area (Å²) in [6, 6.07) is 0.974. The molecule has 0 atom stereocenters. The van der Waals surface area contributed by atoms with Crippen LogP contribution in [0.15, 0.2) is 6.20 Å². The molecule has 1 aliphatic carbocycles. The Bertz CT molecular complexity index is 411. The molecule has 0 saturated heterocycles. The smallest absolute Gasteiger partial charge is 0.147 e. The maximum atomic E-state index is 6.01. The summed E-state index contributed by atoms with van der Waals surface area (Å²) in [7, 11) is 0. The van der Waals surface area contributed by atoms with Gasteiger partial charge < -0.3 is 10.6 Å². The Morgan fingerprint density at radius 2 is 1.89 bits per heavy atom. The molecule has 0 aromatic carbocycles. The lowest BCUT2D eigenvalue weighted by Gasteiger charge is -2.36. The Labute approximate surface area is 116 Å². The topological polar surface area (TPSA) is 55.0 Å². The summed E-state index contributed by atoms with van der Waals surface area (Å²) in [4.78, 5) is 11.6. The van der Waals surface area contributed by atoms with Crippen LogP contribution in [0.25, 0.3) is 0 Å². The average molecular weight is 262 g/mol. The predicted octanol–water partition coefficient (Wildman–Crippen LogP) is 2.58. The second-order valence-corrected chi connectivity index (χ2v) is 5.66. The van der Waals surface area contributed by atoms with Crippen LogP contribution in [0.3, 0.4) is 0 Å². The summed E-state index contributed by atoms with van der Waals surface area (Å²) < 4.78 is 0. The van der Waals surface area contributed by atoms with Gasteiger partial charge in [0.1, 0.15) is 5.82 Å². The fourth-order valence-electron chi connectivity index (χ4n) is 2.81. The van der Waals surface area contributed by atoms with Crippen molar-refractivity contribution in [1.82, 2.24) is 9.97 Å². The minimum Gasteiger partial charge on any atom is -0.352 e. The lowest BCUT2D eigenvalue weighted by atomic mass is 9.90. The molecule has 1 aromatic rings. The van der Waals surface area contributed by atoms with Crippen molar-refractivity contribution in [3.05, 3.63) is 17.6 Å². The Balaban J connectivity index is 2.16. The van der Waals surface area contributed by atoms with E-state index in [1.807, 2.05) is 20.0 Å². The van der Waals surface area contributed by atoms with Gasteiger partial charge in [-0.25, -0.2) is 4.98 Å². The van der Waals surface area contributed by atoms with E-state index in [0.29, 0.717) is 12.1 Å². The maximum absolute atomic E-state index is 6.01. The number of anilines is 1. The maximum Gasteiger partial charge on any atom is 0.147 e. The van der Waals surface area contributed by atoms with Crippen molar-refractivity contribution in [3.8, 4) is 0 Å². The first-order chi connectivity index (χ1) is 9.11. The van der Waals surface area contributed by atoms with Crippen LogP contribution in [-0.2, 0) is 0 Å². The van der Waals surface area contributed by atoms with E-state index >= 15 is 0 Å². The molecule has 19 heavy (non-hydrogen) atoms. The summed E-state index contributed by atoms with van der Waals surface area (Å²) >= 11 is 0. The first kappa shape index (κ1) is 14.3. The Morgan fingerprint density at radius 1 is 1.21 bits per heavy atom. The first-order valence-corrected chi connectivity index (χ1v) is 7.44. The van der Waals surface area contributed by atoms with E-state index in [0.717, 1.165) is 43.0 Å². The van der Waals surface area contributed by atoms with Crippen LogP contribution in [0.1, 0.15) is 50.4 Å². The number of hydrogen-bond acceptors (Lipinski definition) is 4. The third-order valence-corrected chi connectivity index (χ3v) is 4.12. The molecule has 0 amide bonds. The van der Waals surface area contributed by atoms with Gasteiger partial charge >= 0.3 is 0 Å². The molecule has 0 radical (unpaired) electrons. The number of hydrogen-bond donors (Lipinski definition) is 1. The zero-order chi connectivity index (χ0) is 13.8. The van der Waals surface area contributed by atoms with Crippen molar-refractivity contribution in [3.63, 3.8) is 0 Å². The van der Waals surface area contributed by atoms with Crippen molar-refractivity contribution in [2.24, 2.45) is 5.73 Å². The van der Waals surface area contributed by atoms with E-state index in [9.17, 15) is 0 Å². The van der Waals surface area contributed by atoms with Crippen molar-refractivity contribution in [1.29, 1.82) is 0 Å². The van der Waals surface area contributed by atoms with Crippen molar-refractivity contribution in [2.75, 3.05) is 11.4 Å². The highest BCUT2D eigenvalue weighted by Gasteiger charge is 2.25. The standard InChI is InChI=1S/C15H26N4/c1-4-9-19(14-7-5-13(16)6-8-14)15-10-17-11(2)12(3)18-15/h10,13-14H,4-9,16H2,1-3H3. The molecule has 1 aliphatic rings. The van der Waals surface area contributed by atoms with Crippen molar-refractivity contribution < 1.29 is 0 Å². The summed E-state index contributed by atoms with van der Waals surface area (Å²) in [6.45, 7) is 7.32. The molecule has 0 spiro atoms. The number of nitrogens with zero attached hydrogens (tertiary/aromatic N) is 3. The minimum atomic E-state index is 0.394. The lowest BCUT2D eigenvalue weighted by Crippen LogP contribution is -2.42. The zero-order valence-electron chi connectivity index (χ0n) is 12.4. The molecule has 106 valence electrons. The van der Waals surface area contributed by atoms with E-state index < -0.39 is 0 Å². The van der Waals surface area contributed by atoms with E-state index in [-0.39, 0.29) is 0 Å². The third kappa shape index (κ3) is 3.44. The molecule has 2 rings (SSSR count). The fourth-order valence-corrected chi connectivity index (χ4v) is 2.81. The van der Waals surface area contributed by atoms with Crippen LogP contribution < -0.4 is 10.6 Å². The quantitative estimate of drug-likeness (QED) is 0.906. The van der Waals surface area contributed by atoms with Crippen LogP contribution >= 0.6 is 0 Å². The second-order valence-electron chi connectivity index (χ2n) is 5.66. The Morgan fingerprint density at radius 3 is 2.47 bits per heavy atom. The summed E-state index contributed by atoms with van der Waals surface area (Å²) in [5.74, 6) is 1.03. The fraction of sp³-hybridized carbons (Fsp3) is 0.733. The van der Waals surface area contributed by atoms with Gasteiger partial charge in [-0.2, -0.15) is 0 Å². The van der Waals surface area contributed by atoms with Crippen molar-refractivity contribution >= 4 is 5.82 Å². The normalized spacial score (nSPS) is 23.4. The third-order valence-electron chi connectivity index (χ3n) is 4.12. The summed E-state index contributed by atoms with van der Waals surface area (Å²) in [6.07, 6.45) is 7.67. The highest BCUT2D eigenvalue weighted by Crippen LogP contribution is 2.26. The monoisotopic (exact) mass is 262 g/mol. The number of aromatic nitrogens is 2. The number of nitrogens with two attached hydrogens (primary N) is 1. The molecule has 4 nitrogen and oxygen atoms in total. The SMILES string of the molecule is CCCN(c1cnc(C)c(C)n1)C1CCC(N)CC1. The molecule has 4 heteroatoms. The van der Waals surface area contributed by atoms with Crippen molar-refractivity contribution in [2.45, 2.75) is 65.0 Å². The van der Waals surface area contributed by atoms with Gasteiger partial charge in [0.2, 0.25) is 0 Å². The number of aryl methyl sites for hydroxylation is 2. The number of rotatable bonds is 4. The molecule has 1 fully saturated rings. The van der Waals surface area contributed by atoms with Crippen LogP contribution in [0.4, 0.5) is 5.82 Å². The summed E-state index contributed by atoms with van der Waals surface area (Å²) in [5.41, 5.74) is 8.06. The molecule has 1 aromatic heterocycles. The van der Waals surface area contributed by atoms with Crippen LogP contribution in [0, 0.1) is 13.8 Å². The highest BCUT2D eigenvalue weighted by atomic mass is 15.2. The molecule has 0 unspecified atom stereocenters. The first-order valence-electron chi connectivity index (χ1n) is 7.44. The van der Waals surface area contributed by atoms with Gasteiger partial charge in [0, 0.05) is 18.6 Å². The molecule has 1 heterocycles. The average Bonchev–Trinajstić information content (AvgIpc) is 2.41. The second kappa shape index (κ2) is 6.33. The Hall–Kier alpha value is -1.16. The molecule has 1 saturated carbocycles. The molecular formula is C15H26N4. The molecule has 2 N–H and O–H groups in total. The van der Waals surface area contributed by atoms with Gasteiger partial charge in [0.25, 0.3) is 0 Å². The van der Waals surface area contributed by atoms with Crippen LogP contribution in [0.2, 0.25) is 0 Å². The summed E-state index contributed by atoms with van der Waals surface area (Å²) in [5, 5.41) is 0. The predicted molar refractivity (Wildman–Crippen MR) is 79.4 cm³/mol. The van der Waals surface area contributed by atoms with Gasteiger partial charge in [-0.3, -0.25) is 4.98 Å². The molecular weight excluding hydrogens is 236 g/mol. The van der Waals surface area contributed by atoms with Crippen LogP contribution in [-0.4, -0.2) is 28.6 Å². The van der Waals surface area contributed by atoms with E-state index in [1.54, 1.807) is 0 Å². The van der Waals surface area contributed by atoms with Gasteiger partial charge in [-0.05, 0) is 46.0 Å². The van der Waals surface area contributed by atoms with Crippen LogP contribution in [0.5, 0.6) is 0 Å². The largest absolute Gasteiger partial charge is 0.352 e. The molecule has 0 bridgehead atoms. The van der Waals surface area contributed by atoms with E-state index in [4.69, 9.17) is 10.7 Å². The van der Waals surface area contributed by atoms with Gasteiger partial charge in [-0.1, -0.05) is 6.92 Å². The minimum absolute atomic E-state index is 0.394. The molecule has 0 aliphatic heterocycles.